The third-order valence-corrected chi connectivity index (χ3v) is 7.65. The highest BCUT2D eigenvalue weighted by atomic mass is 32.2. The van der Waals surface area contributed by atoms with Crippen molar-refractivity contribution in [1.82, 2.24) is 14.9 Å². The van der Waals surface area contributed by atoms with Crippen molar-refractivity contribution >= 4 is 46.2 Å². The van der Waals surface area contributed by atoms with Crippen LogP contribution in [0, 0.1) is 5.82 Å². The molecule has 2 N–H and O–H groups in total. The minimum absolute atomic E-state index is 0.0587. The van der Waals surface area contributed by atoms with E-state index < -0.39 is 11.9 Å². The molecule has 2 aromatic heterocycles. The quantitative estimate of drug-likeness (QED) is 0.507. The minimum Gasteiger partial charge on any atom is -0.444 e. The van der Waals surface area contributed by atoms with E-state index in [2.05, 4.69) is 15.6 Å². The highest BCUT2D eigenvalue weighted by Gasteiger charge is 2.33. The Balaban J connectivity index is 1.06. The fourth-order valence-electron chi connectivity index (χ4n) is 4.94. The molecule has 0 aliphatic carbocycles. The van der Waals surface area contributed by atoms with Crippen molar-refractivity contribution in [2.45, 2.75) is 36.4 Å². The summed E-state index contributed by atoms with van der Waals surface area (Å²) in [5.41, 5.74) is 2.85. The number of cyclic esters (lactones) is 1. The number of aromatic nitrogens is 2. The van der Waals surface area contributed by atoms with Crippen LogP contribution in [-0.4, -0.2) is 46.5 Å². The van der Waals surface area contributed by atoms with Crippen molar-refractivity contribution in [3.63, 3.8) is 0 Å². The maximum absolute atomic E-state index is 14.6. The van der Waals surface area contributed by atoms with Crippen molar-refractivity contribution in [1.29, 1.82) is 0 Å². The Kier molecular flexibility index (Phi) is 5.45. The molecule has 0 saturated carbocycles. The summed E-state index contributed by atoms with van der Waals surface area (Å²) in [6, 6.07) is 8.32. The van der Waals surface area contributed by atoms with E-state index in [1.165, 1.54) is 24.0 Å². The van der Waals surface area contributed by atoms with Crippen LogP contribution < -0.4 is 21.1 Å². The lowest BCUT2D eigenvalue weighted by Crippen LogP contribution is -2.27. The summed E-state index contributed by atoms with van der Waals surface area (Å²) in [5.74, 6) is -0.0974. The van der Waals surface area contributed by atoms with Gasteiger partial charge in [0.25, 0.3) is 5.56 Å². The number of rotatable bonds is 6. The van der Waals surface area contributed by atoms with Gasteiger partial charge in [0, 0.05) is 28.8 Å². The van der Waals surface area contributed by atoms with Gasteiger partial charge in [0.1, 0.15) is 11.9 Å². The molecule has 2 amide bonds. The zero-order valence-electron chi connectivity index (χ0n) is 18.6. The van der Waals surface area contributed by atoms with E-state index in [0.717, 1.165) is 4.90 Å². The van der Waals surface area contributed by atoms with Crippen molar-refractivity contribution < 1.29 is 18.7 Å². The van der Waals surface area contributed by atoms with Crippen LogP contribution in [-0.2, 0) is 16.1 Å². The van der Waals surface area contributed by atoms with Gasteiger partial charge in [0.05, 0.1) is 41.3 Å². The van der Waals surface area contributed by atoms with E-state index in [0.29, 0.717) is 66.2 Å². The van der Waals surface area contributed by atoms with Gasteiger partial charge < -0.3 is 19.9 Å². The molecule has 3 aliphatic heterocycles. The Morgan fingerprint density at radius 3 is 2.97 bits per heavy atom. The lowest BCUT2D eigenvalue weighted by molar-refractivity contribution is -0.113. The van der Waals surface area contributed by atoms with Gasteiger partial charge in [-0.3, -0.25) is 19.5 Å². The summed E-state index contributed by atoms with van der Waals surface area (Å²) in [6.07, 6.45) is 1.87. The summed E-state index contributed by atoms with van der Waals surface area (Å²) >= 11 is 1.47. The number of nitrogens with zero attached hydrogens (tertiary/aromatic N) is 3. The second kappa shape index (κ2) is 8.65. The van der Waals surface area contributed by atoms with Gasteiger partial charge in [0.15, 0.2) is 0 Å². The van der Waals surface area contributed by atoms with Crippen molar-refractivity contribution in [2.24, 2.45) is 0 Å². The number of hydrogen-bond acceptors (Lipinski definition) is 7. The maximum Gasteiger partial charge on any atom is 0.414 e. The van der Waals surface area contributed by atoms with Gasteiger partial charge in [-0.05, 0) is 43.7 Å². The summed E-state index contributed by atoms with van der Waals surface area (Å²) in [7, 11) is 0. The van der Waals surface area contributed by atoms with E-state index in [4.69, 9.17) is 4.74 Å². The smallest absolute Gasteiger partial charge is 0.414 e. The van der Waals surface area contributed by atoms with E-state index in [1.807, 2.05) is 12.1 Å². The number of nitrogens with one attached hydrogen (secondary N) is 2. The number of thioether (sulfide) groups is 1. The number of halogens is 1. The fraction of sp³-hybridized carbons (Fsp3) is 0.333. The molecule has 3 aromatic rings. The van der Waals surface area contributed by atoms with E-state index in [9.17, 15) is 18.8 Å². The van der Waals surface area contributed by atoms with Crippen molar-refractivity contribution in [3.05, 3.63) is 58.3 Å². The van der Waals surface area contributed by atoms with Gasteiger partial charge in [-0.1, -0.05) is 0 Å². The SMILES string of the molecule is O=C1CSc2ccc(N3C[C@H](CCCN[C@@H]4Cn5c(=O)ccc6ncc(F)c4c65)OC3=O)cc2N1. The minimum atomic E-state index is -0.424. The molecule has 1 saturated heterocycles. The molecule has 9 nitrogen and oxygen atoms in total. The molecule has 3 aliphatic rings. The predicted octanol–water partition coefficient (Wildman–Crippen LogP) is 3.03. The molecule has 35 heavy (non-hydrogen) atoms. The normalized spacial score (nSPS) is 20.8. The fourth-order valence-corrected chi connectivity index (χ4v) is 5.73. The molecule has 180 valence electrons. The standard InChI is InChI=1S/C24H22FN5O4S/c25-15-9-27-16-4-6-21(32)30-11-18(22(15)23(16)30)26-7-1-2-14-10-29(24(33)34-14)13-3-5-19-17(8-13)28-20(31)12-35-19/h3-6,8-9,14,18,26H,1-2,7,10-12H2,(H,28,31)/t14-,18+/m0/s1. The number of ether oxygens (including phenoxy) is 1. The first-order valence-corrected chi connectivity index (χ1v) is 12.4. The van der Waals surface area contributed by atoms with E-state index in [-0.39, 0.29) is 23.6 Å². The van der Waals surface area contributed by atoms with Crippen LogP contribution in [0.25, 0.3) is 11.0 Å². The van der Waals surface area contributed by atoms with Gasteiger partial charge in [-0.25, -0.2) is 9.18 Å². The third kappa shape index (κ3) is 3.94. The van der Waals surface area contributed by atoms with E-state index in [1.54, 1.807) is 21.6 Å². The Hall–Kier alpha value is -3.44. The highest BCUT2D eigenvalue weighted by molar-refractivity contribution is 8.00. The van der Waals surface area contributed by atoms with Crippen molar-refractivity contribution in [2.75, 3.05) is 29.1 Å². The molecule has 6 rings (SSSR count). The Morgan fingerprint density at radius 1 is 1.20 bits per heavy atom. The average molecular weight is 496 g/mol. The van der Waals surface area contributed by atoms with Crippen LogP contribution in [0.2, 0.25) is 0 Å². The molecule has 11 heteroatoms. The highest BCUT2D eigenvalue weighted by Crippen LogP contribution is 2.36. The number of carbonyl (C=O) groups excluding carboxylic acids is 2. The number of hydrogen-bond donors (Lipinski definition) is 2. The molecular formula is C24H22FN5O4S. The second-order valence-corrected chi connectivity index (χ2v) is 9.84. The Morgan fingerprint density at radius 2 is 2.09 bits per heavy atom. The molecule has 0 bridgehead atoms. The first-order chi connectivity index (χ1) is 17.0. The average Bonchev–Trinajstić information content (AvgIpc) is 3.42. The van der Waals surface area contributed by atoms with Gasteiger partial charge >= 0.3 is 6.09 Å². The summed E-state index contributed by atoms with van der Waals surface area (Å²) < 4.78 is 21.7. The van der Waals surface area contributed by atoms with Crippen molar-refractivity contribution in [3.8, 4) is 0 Å². The zero-order chi connectivity index (χ0) is 24.1. The lowest BCUT2D eigenvalue weighted by Gasteiger charge is -2.20. The maximum atomic E-state index is 14.6. The molecule has 1 fully saturated rings. The number of benzene rings is 1. The number of anilines is 2. The van der Waals surface area contributed by atoms with Gasteiger partial charge in [-0.2, -0.15) is 0 Å². The second-order valence-electron chi connectivity index (χ2n) is 8.82. The van der Waals surface area contributed by atoms with Crippen LogP contribution in [0.3, 0.4) is 0 Å². The van der Waals surface area contributed by atoms with Gasteiger partial charge in [-0.15, -0.1) is 11.8 Å². The molecular weight excluding hydrogens is 473 g/mol. The van der Waals surface area contributed by atoms with Crippen LogP contribution in [0.5, 0.6) is 0 Å². The first kappa shape index (κ1) is 22.1. The number of amides is 2. The molecule has 0 spiro atoms. The van der Waals surface area contributed by atoms with E-state index >= 15 is 0 Å². The topological polar surface area (TPSA) is 106 Å². The monoisotopic (exact) mass is 495 g/mol. The Bertz CT molecular complexity index is 1430. The van der Waals surface area contributed by atoms with Gasteiger partial charge in [0.2, 0.25) is 5.91 Å². The molecule has 0 radical (unpaired) electrons. The van der Waals surface area contributed by atoms with Crippen LogP contribution >= 0.6 is 11.8 Å². The molecule has 0 unspecified atom stereocenters. The van der Waals surface area contributed by atoms with Crippen LogP contribution in [0.1, 0.15) is 24.4 Å². The summed E-state index contributed by atoms with van der Waals surface area (Å²) in [4.78, 5) is 43.1. The summed E-state index contributed by atoms with van der Waals surface area (Å²) in [5, 5.41) is 6.19. The van der Waals surface area contributed by atoms with Crippen LogP contribution in [0.15, 0.2) is 46.2 Å². The predicted molar refractivity (Wildman–Crippen MR) is 129 cm³/mol. The molecule has 5 heterocycles. The first-order valence-electron chi connectivity index (χ1n) is 11.4. The molecule has 2 atom stereocenters. The lowest BCUT2D eigenvalue weighted by atomic mass is 10.1. The Labute approximate surface area is 203 Å². The third-order valence-electron chi connectivity index (χ3n) is 6.58. The molecule has 1 aromatic carbocycles. The number of carbonyl (C=O) groups is 2. The zero-order valence-corrected chi connectivity index (χ0v) is 19.4. The number of pyridine rings is 2. The number of fused-ring (bicyclic) bond motifs is 1. The summed E-state index contributed by atoms with van der Waals surface area (Å²) in [6.45, 7) is 1.35. The largest absolute Gasteiger partial charge is 0.444 e. The van der Waals surface area contributed by atoms with Crippen LogP contribution in [0.4, 0.5) is 20.6 Å².